The van der Waals surface area contributed by atoms with Crippen molar-refractivity contribution in [2.24, 2.45) is 0 Å². The summed E-state index contributed by atoms with van der Waals surface area (Å²) in [5.41, 5.74) is 5.96. The number of allylic oxidation sites excluding steroid dienone is 3. The molecule has 3 aliphatic rings. The molecular formula is C26H25NS2. The first-order valence-corrected chi connectivity index (χ1v) is 11.9. The van der Waals surface area contributed by atoms with Crippen LogP contribution in [0.5, 0.6) is 0 Å². The third-order valence-electron chi connectivity index (χ3n) is 5.99. The van der Waals surface area contributed by atoms with Crippen molar-refractivity contribution in [3.63, 3.8) is 0 Å². The van der Waals surface area contributed by atoms with E-state index in [1.54, 1.807) is 17.3 Å². The molecule has 3 heteroatoms. The molecule has 0 amide bonds. The van der Waals surface area contributed by atoms with E-state index in [2.05, 4.69) is 60.9 Å². The average Bonchev–Trinajstić information content (AvgIpc) is 3.09. The summed E-state index contributed by atoms with van der Waals surface area (Å²) >= 11 is 3.65. The van der Waals surface area contributed by atoms with Crippen molar-refractivity contribution in [2.75, 3.05) is 0 Å². The van der Waals surface area contributed by atoms with Crippen LogP contribution in [0.1, 0.15) is 36.8 Å². The number of rotatable bonds is 4. The molecule has 0 saturated carbocycles. The summed E-state index contributed by atoms with van der Waals surface area (Å²) in [7, 11) is 0. The maximum atomic E-state index is 3.93. The van der Waals surface area contributed by atoms with E-state index in [0.717, 1.165) is 4.91 Å². The number of piperidine rings is 1. The largest absolute Gasteiger partial charge is 0.311 e. The summed E-state index contributed by atoms with van der Waals surface area (Å²) in [4.78, 5) is 5.11. The quantitative estimate of drug-likeness (QED) is 0.357. The van der Waals surface area contributed by atoms with Crippen LogP contribution < -0.4 is 5.32 Å². The highest BCUT2D eigenvalue weighted by Crippen LogP contribution is 2.50. The average molecular weight is 416 g/mol. The number of hydrogen-bond donors (Lipinski definition) is 1. The molecule has 2 aromatic carbocycles. The van der Waals surface area contributed by atoms with E-state index in [1.165, 1.54) is 57.1 Å². The van der Waals surface area contributed by atoms with Crippen LogP contribution in [0.4, 0.5) is 0 Å². The summed E-state index contributed by atoms with van der Waals surface area (Å²) in [6.07, 6.45) is 10.7. The van der Waals surface area contributed by atoms with Gasteiger partial charge in [-0.25, -0.2) is 0 Å². The van der Waals surface area contributed by atoms with Crippen LogP contribution in [0.2, 0.25) is 0 Å². The van der Waals surface area contributed by atoms with Gasteiger partial charge in [0.05, 0.1) is 0 Å². The Kier molecular flexibility index (Phi) is 5.29. The van der Waals surface area contributed by atoms with Crippen molar-refractivity contribution in [1.82, 2.24) is 5.32 Å². The standard InChI is InChI=1S/C26H25NS2/c1-3-7-20(4-2)28-21-12-13-23-25(16-21)29-24-9-6-5-8-22(24)26(23)17-14-18-10-11-19(15-17)27-18/h3-9,12-13,16,18-19,27H,1-2,10-11,14-15H2/b20-7+,26-17?. The fourth-order valence-electron chi connectivity index (χ4n) is 4.77. The Morgan fingerprint density at radius 3 is 2.52 bits per heavy atom. The summed E-state index contributed by atoms with van der Waals surface area (Å²) in [6.45, 7) is 7.74. The normalized spacial score (nSPS) is 22.8. The molecule has 3 aliphatic heterocycles. The molecule has 0 aromatic heterocycles. The highest BCUT2D eigenvalue weighted by Gasteiger charge is 2.33. The summed E-state index contributed by atoms with van der Waals surface area (Å²) in [5.74, 6) is 0. The van der Waals surface area contributed by atoms with Gasteiger partial charge in [0.1, 0.15) is 0 Å². The lowest BCUT2D eigenvalue weighted by Gasteiger charge is -2.30. The van der Waals surface area contributed by atoms with Gasteiger partial charge in [0.2, 0.25) is 0 Å². The Bertz CT molecular complexity index is 1030. The van der Waals surface area contributed by atoms with Crippen LogP contribution >= 0.6 is 23.5 Å². The van der Waals surface area contributed by atoms with Gasteiger partial charge in [0.15, 0.2) is 0 Å². The molecule has 2 aromatic rings. The Balaban J connectivity index is 1.60. The lowest BCUT2D eigenvalue weighted by atomic mass is 9.86. The molecule has 1 N–H and O–H groups in total. The van der Waals surface area contributed by atoms with Crippen molar-refractivity contribution < 1.29 is 0 Å². The Labute approximate surface area is 182 Å². The Morgan fingerprint density at radius 2 is 1.76 bits per heavy atom. The Hall–Kier alpha value is -1.94. The van der Waals surface area contributed by atoms with Crippen LogP contribution in [0.3, 0.4) is 0 Å². The van der Waals surface area contributed by atoms with Gasteiger partial charge in [-0.05, 0) is 66.7 Å². The fourth-order valence-corrected chi connectivity index (χ4v) is 6.80. The highest BCUT2D eigenvalue weighted by molar-refractivity contribution is 8.03. The summed E-state index contributed by atoms with van der Waals surface area (Å²) in [6, 6.07) is 17.2. The van der Waals surface area contributed by atoms with E-state index in [-0.39, 0.29) is 0 Å². The molecule has 5 rings (SSSR count). The van der Waals surface area contributed by atoms with Crippen molar-refractivity contribution in [3.05, 3.63) is 95.5 Å². The van der Waals surface area contributed by atoms with Gasteiger partial charge in [-0.2, -0.15) is 0 Å². The molecule has 2 saturated heterocycles. The van der Waals surface area contributed by atoms with Gasteiger partial charge in [0, 0.05) is 31.7 Å². The molecule has 2 unspecified atom stereocenters. The van der Waals surface area contributed by atoms with Gasteiger partial charge in [-0.15, -0.1) is 0 Å². The van der Waals surface area contributed by atoms with Crippen LogP contribution in [-0.2, 0) is 0 Å². The predicted octanol–water partition coefficient (Wildman–Crippen LogP) is 7.22. The number of benzene rings is 2. The molecule has 146 valence electrons. The molecule has 0 radical (unpaired) electrons. The van der Waals surface area contributed by atoms with Crippen molar-refractivity contribution in [3.8, 4) is 0 Å². The van der Waals surface area contributed by atoms with Gasteiger partial charge in [-0.1, -0.05) is 78.7 Å². The minimum absolute atomic E-state index is 0.662. The van der Waals surface area contributed by atoms with E-state index >= 15 is 0 Å². The van der Waals surface area contributed by atoms with E-state index in [1.807, 2.05) is 30.0 Å². The Morgan fingerprint density at radius 1 is 1.00 bits per heavy atom. The first kappa shape index (κ1) is 19.0. The maximum Gasteiger partial charge on any atom is 0.0212 e. The minimum atomic E-state index is 0.662. The first-order valence-electron chi connectivity index (χ1n) is 10.3. The minimum Gasteiger partial charge on any atom is -0.311 e. The monoisotopic (exact) mass is 415 g/mol. The predicted molar refractivity (Wildman–Crippen MR) is 127 cm³/mol. The highest BCUT2D eigenvalue weighted by atomic mass is 32.2. The zero-order chi connectivity index (χ0) is 19.8. The number of thioether (sulfide) groups is 1. The molecule has 2 fully saturated rings. The van der Waals surface area contributed by atoms with Crippen molar-refractivity contribution in [2.45, 2.75) is 52.5 Å². The summed E-state index contributed by atoms with van der Waals surface area (Å²) < 4.78 is 0. The van der Waals surface area contributed by atoms with Crippen LogP contribution in [0, 0.1) is 0 Å². The smallest absolute Gasteiger partial charge is 0.0212 e. The van der Waals surface area contributed by atoms with Gasteiger partial charge < -0.3 is 5.32 Å². The molecule has 29 heavy (non-hydrogen) atoms. The van der Waals surface area contributed by atoms with E-state index in [9.17, 15) is 0 Å². The first-order chi connectivity index (χ1) is 14.2. The second-order valence-corrected chi connectivity index (χ2v) is 10.1. The van der Waals surface area contributed by atoms with E-state index in [0.29, 0.717) is 12.1 Å². The lowest BCUT2D eigenvalue weighted by molar-refractivity contribution is 0.475. The van der Waals surface area contributed by atoms with Crippen LogP contribution in [-0.4, -0.2) is 12.1 Å². The molecule has 3 heterocycles. The third-order valence-corrected chi connectivity index (χ3v) is 8.15. The van der Waals surface area contributed by atoms with Gasteiger partial charge in [0.25, 0.3) is 0 Å². The molecule has 2 atom stereocenters. The number of nitrogens with one attached hydrogen (secondary N) is 1. The fraction of sp³-hybridized carbons (Fsp3) is 0.231. The number of fused-ring (bicyclic) bond motifs is 4. The van der Waals surface area contributed by atoms with Gasteiger partial charge in [-0.3, -0.25) is 0 Å². The second kappa shape index (κ2) is 8.06. The van der Waals surface area contributed by atoms with Crippen LogP contribution in [0.15, 0.2) is 99.0 Å². The molecule has 2 bridgehead atoms. The second-order valence-electron chi connectivity index (χ2n) is 7.89. The maximum absolute atomic E-state index is 3.93. The van der Waals surface area contributed by atoms with E-state index < -0.39 is 0 Å². The lowest BCUT2D eigenvalue weighted by Crippen LogP contribution is -2.35. The molecule has 0 spiro atoms. The molecular weight excluding hydrogens is 390 g/mol. The SMILES string of the molecule is C=C/C=C(\C=C)Sc1ccc2c(c1)Sc1ccccc1C2=C1CC2CCC(C1)N2. The molecule has 0 aliphatic carbocycles. The van der Waals surface area contributed by atoms with Crippen molar-refractivity contribution >= 4 is 29.1 Å². The summed E-state index contributed by atoms with van der Waals surface area (Å²) in [5, 5.41) is 3.79. The van der Waals surface area contributed by atoms with Gasteiger partial charge >= 0.3 is 0 Å². The zero-order valence-electron chi connectivity index (χ0n) is 16.5. The van der Waals surface area contributed by atoms with Crippen LogP contribution in [0.25, 0.3) is 5.57 Å². The number of hydrogen-bond acceptors (Lipinski definition) is 3. The zero-order valence-corrected chi connectivity index (χ0v) is 18.1. The van der Waals surface area contributed by atoms with E-state index in [4.69, 9.17) is 0 Å². The molecule has 1 nitrogen and oxygen atoms in total. The topological polar surface area (TPSA) is 12.0 Å². The third kappa shape index (κ3) is 3.68. The van der Waals surface area contributed by atoms with Crippen molar-refractivity contribution in [1.29, 1.82) is 0 Å².